The van der Waals surface area contributed by atoms with Crippen molar-refractivity contribution in [3.63, 3.8) is 0 Å². The highest BCUT2D eigenvalue weighted by atomic mass is 35.5. The van der Waals surface area contributed by atoms with E-state index in [1.807, 2.05) is 24.3 Å². The molecular formula is C12H13Cl. The van der Waals surface area contributed by atoms with Crippen LogP contribution in [0.25, 0.3) is 0 Å². The van der Waals surface area contributed by atoms with Crippen LogP contribution in [0.3, 0.4) is 0 Å². The number of benzene rings is 1. The average molecular weight is 193 g/mol. The van der Waals surface area contributed by atoms with Crippen molar-refractivity contribution in [2.24, 2.45) is 0 Å². The van der Waals surface area contributed by atoms with Gasteiger partial charge in [0.1, 0.15) is 0 Å². The van der Waals surface area contributed by atoms with Crippen molar-refractivity contribution in [1.29, 1.82) is 0 Å². The lowest BCUT2D eigenvalue weighted by Crippen LogP contribution is -1.80. The Balaban J connectivity index is 2.51. The van der Waals surface area contributed by atoms with Gasteiger partial charge < -0.3 is 0 Å². The summed E-state index contributed by atoms with van der Waals surface area (Å²) in [5.41, 5.74) is 1.19. The van der Waals surface area contributed by atoms with Crippen LogP contribution >= 0.6 is 11.6 Å². The lowest BCUT2D eigenvalue weighted by Gasteiger charge is -1.94. The van der Waals surface area contributed by atoms with Crippen LogP contribution in [0.4, 0.5) is 0 Å². The average Bonchev–Trinajstić information content (AvgIpc) is 2.13. The zero-order chi connectivity index (χ0) is 9.52. The Morgan fingerprint density at radius 1 is 1.31 bits per heavy atom. The minimum Gasteiger partial charge on any atom is -0.103 e. The summed E-state index contributed by atoms with van der Waals surface area (Å²) in [6, 6.07) is 7.85. The summed E-state index contributed by atoms with van der Waals surface area (Å²) in [6.07, 6.45) is 2.92. The first kappa shape index (κ1) is 10.2. The smallest absolute Gasteiger partial charge is 0.0409 e. The van der Waals surface area contributed by atoms with E-state index in [0.717, 1.165) is 24.3 Å². The van der Waals surface area contributed by atoms with E-state index in [1.54, 1.807) is 0 Å². The molecule has 1 aromatic rings. The van der Waals surface area contributed by atoms with Crippen LogP contribution in [-0.2, 0) is 6.42 Å². The monoisotopic (exact) mass is 192 g/mol. The van der Waals surface area contributed by atoms with E-state index < -0.39 is 0 Å². The Morgan fingerprint density at radius 2 is 2.15 bits per heavy atom. The standard InChI is InChI=1S/C12H13Cl/c1-2-3-4-5-7-11-8-6-9-12(13)10-11/h6,8-10H,2-3,7H2,1H3. The van der Waals surface area contributed by atoms with E-state index in [0.29, 0.717) is 0 Å². The van der Waals surface area contributed by atoms with Gasteiger partial charge in [-0.2, -0.15) is 0 Å². The summed E-state index contributed by atoms with van der Waals surface area (Å²) in [5, 5.41) is 0.787. The third kappa shape index (κ3) is 4.01. The fraction of sp³-hybridized carbons (Fsp3) is 0.333. The second kappa shape index (κ2) is 5.67. The van der Waals surface area contributed by atoms with E-state index in [1.165, 1.54) is 5.56 Å². The van der Waals surface area contributed by atoms with Gasteiger partial charge in [0.15, 0.2) is 0 Å². The predicted molar refractivity (Wildman–Crippen MR) is 57.8 cm³/mol. The van der Waals surface area contributed by atoms with Crippen LogP contribution in [0.15, 0.2) is 24.3 Å². The van der Waals surface area contributed by atoms with Gasteiger partial charge in [-0.3, -0.25) is 0 Å². The molecule has 0 atom stereocenters. The molecule has 0 amide bonds. The molecule has 1 aromatic carbocycles. The summed E-state index contributed by atoms with van der Waals surface area (Å²) < 4.78 is 0. The molecule has 0 nitrogen and oxygen atoms in total. The first-order valence-corrected chi connectivity index (χ1v) is 4.91. The molecule has 0 aliphatic carbocycles. The molecule has 0 saturated carbocycles. The molecule has 0 saturated heterocycles. The maximum Gasteiger partial charge on any atom is 0.0409 e. The van der Waals surface area contributed by atoms with Crippen LogP contribution in [-0.4, -0.2) is 0 Å². The van der Waals surface area contributed by atoms with Gasteiger partial charge in [0, 0.05) is 17.9 Å². The zero-order valence-corrected chi connectivity index (χ0v) is 8.56. The van der Waals surface area contributed by atoms with Gasteiger partial charge >= 0.3 is 0 Å². The Bertz CT molecular complexity index is 317. The number of rotatable bonds is 2. The minimum absolute atomic E-state index is 0.787. The van der Waals surface area contributed by atoms with Crippen LogP contribution in [0.1, 0.15) is 25.3 Å². The lowest BCUT2D eigenvalue weighted by atomic mass is 10.1. The van der Waals surface area contributed by atoms with Gasteiger partial charge in [0.25, 0.3) is 0 Å². The second-order valence-electron chi connectivity index (χ2n) is 2.91. The number of unbranched alkanes of at least 4 members (excludes halogenated alkanes) is 1. The van der Waals surface area contributed by atoms with Crippen molar-refractivity contribution in [3.05, 3.63) is 34.9 Å². The summed E-state index contributed by atoms with van der Waals surface area (Å²) in [5.74, 6) is 6.23. The van der Waals surface area contributed by atoms with Gasteiger partial charge in [-0.15, -0.1) is 5.92 Å². The highest BCUT2D eigenvalue weighted by molar-refractivity contribution is 6.30. The maximum atomic E-state index is 5.84. The number of halogens is 1. The first-order chi connectivity index (χ1) is 6.33. The van der Waals surface area contributed by atoms with Crippen molar-refractivity contribution >= 4 is 11.6 Å². The summed E-state index contributed by atoms with van der Waals surface area (Å²) in [7, 11) is 0. The van der Waals surface area contributed by atoms with Gasteiger partial charge in [-0.05, 0) is 24.1 Å². The SMILES string of the molecule is CCCC#CCc1cccc(Cl)c1. The zero-order valence-electron chi connectivity index (χ0n) is 7.81. The van der Waals surface area contributed by atoms with Crippen molar-refractivity contribution in [2.75, 3.05) is 0 Å². The third-order valence-corrected chi connectivity index (χ3v) is 1.92. The van der Waals surface area contributed by atoms with E-state index in [9.17, 15) is 0 Å². The van der Waals surface area contributed by atoms with Gasteiger partial charge in [-0.1, -0.05) is 36.6 Å². The molecule has 68 valence electrons. The Labute approximate surface area is 84.9 Å². The molecule has 0 unspecified atom stereocenters. The molecule has 1 heteroatoms. The molecular weight excluding hydrogens is 180 g/mol. The van der Waals surface area contributed by atoms with Crippen LogP contribution < -0.4 is 0 Å². The van der Waals surface area contributed by atoms with Crippen molar-refractivity contribution in [2.45, 2.75) is 26.2 Å². The second-order valence-corrected chi connectivity index (χ2v) is 3.35. The van der Waals surface area contributed by atoms with E-state index >= 15 is 0 Å². The molecule has 0 radical (unpaired) electrons. The molecule has 0 aromatic heterocycles. The van der Waals surface area contributed by atoms with Gasteiger partial charge in [0.2, 0.25) is 0 Å². The molecule has 0 aliphatic rings. The molecule has 1 rings (SSSR count). The summed E-state index contributed by atoms with van der Waals surface area (Å²) >= 11 is 5.84. The molecule has 0 spiro atoms. The lowest BCUT2D eigenvalue weighted by molar-refractivity contribution is 0.981. The van der Waals surface area contributed by atoms with E-state index in [-0.39, 0.29) is 0 Å². The molecule has 0 bridgehead atoms. The summed E-state index contributed by atoms with van der Waals surface area (Å²) in [6.45, 7) is 2.13. The summed E-state index contributed by atoms with van der Waals surface area (Å²) in [4.78, 5) is 0. The Hall–Kier alpha value is -0.930. The largest absolute Gasteiger partial charge is 0.103 e. The fourth-order valence-electron chi connectivity index (χ4n) is 1.02. The van der Waals surface area contributed by atoms with Crippen molar-refractivity contribution in [1.82, 2.24) is 0 Å². The molecule has 0 fully saturated rings. The normalized spacial score (nSPS) is 9.08. The third-order valence-electron chi connectivity index (χ3n) is 1.68. The van der Waals surface area contributed by atoms with Crippen LogP contribution in [0.5, 0.6) is 0 Å². The Morgan fingerprint density at radius 3 is 2.85 bits per heavy atom. The van der Waals surface area contributed by atoms with Gasteiger partial charge in [-0.25, -0.2) is 0 Å². The Kier molecular flexibility index (Phi) is 4.43. The number of hydrogen-bond acceptors (Lipinski definition) is 0. The van der Waals surface area contributed by atoms with Gasteiger partial charge in [0.05, 0.1) is 0 Å². The highest BCUT2D eigenvalue weighted by Crippen LogP contribution is 2.10. The topological polar surface area (TPSA) is 0 Å². The maximum absolute atomic E-state index is 5.84. The highest BCUT2D eigenvalue weighted by Gasteiger charge is 1.89. The van der Waals surface area contributed by atoms with Crippen LogP contribution in [0.2, 0.25) is 5.02 Å². The van der Waals surface area contributed by atoms with E-state index in [2.05, 4.69) is 18.8 Å². The number of hydrogen-bond donors (Lipinski definition) is 0. The van der Waals surface area contributed by atoms with E-state index in [4.69, 9.17) is 11.6 Å². The van der Waals surface area contributed by atoms with Crippen LogP contribution in [0, 0.1) is 11.8 Å². The predicted octanol–water partition coefficient (Wildman–Crippen LogP) is 3.69. The van der Waals surface area contributed by atoms with Crippen molar-refractivity contribution < 1.29 is 0 Å². The molecule has 0 N–H and O–H groups in total. The molecule has 13 heavy (non-hydrogen) atoms. The minimum atomic E-state index is 0.787. The first-order valence-electron chi connectivity index (χ1n) is 4.53. The van der Waals surface area contributed by atoms with Crippen molar-refractivity contribution in [3.8, 4) is 11.8 Å². The quantitative estimate of drug-likeness (QED) is 0.627. The molecule has 0 aliphatic heterocycles. The fourth-order valence-corrected chi connectivity index (χ4v) is 1.24. The molecule has 0 heterocycles.